The normalized spacial score (nSPS) is 13.1. The van der Waals surface area contributed by atoms with E-state index in [0.29, 0.717) is 0 Å². The number of rotatable bonds is 12. The van der Waals surface area contributed by atoms with Crippen LogP contribution in [0.2, 0.25) is 28.4 Å². The van der Waals surface area contributed by atoms with E-state index >= 15 is 0 Å². The van der Waals surface area contributed by atoms with Crippen molar-refractivity contribution in [3.8, 4) is 0 Å². The zero-order valence-corrected chi connectivity index (χ0v) is 19.0. The van der Waals surface area contributed by atoms with Gasteiger partial charge in [0.1, 0.15) is 0 Å². The van der Waals surface area contributed by atoms with Gasteiger partial charge in [-0.05, 0) is 0 Å². The van der Waals surface area contributed by atoms with Crippen LogP contribution in [-0.2, 0) is 0 Å². The van der Waals surface area contributed by atoms with Gasteiger partial charge in [-0.3, -0.25) is 0 Å². The second-order valence-electron chi connectivity index (χ2n) is 7.13. The Kier molecular flexibility index (Phi) is 11.7. The summed E-state index contributed by atoms with van der Waals surface area (Å²) in [7, 11) is 4.64. The zero-order valence-electron chi connectivity index (χ0n) is 16.9. The Labute approximate surface area is 144 Å². The van der Waals surface area contributed by atoms with Crippen LogP contribution in [0.25, 0.3) is 0 Å². The molecule has 3 heteroatoms. The molecule has 0 rings (SSSR count). The van der Waals surface area contributed by atoms with Crippen LogP contribution in [0, 0.1) is 0 Å². The second-order valence-corrected chi connectivity index (χ2v) is 18.0. The van der Waals surface area contributed by atoms with Crippen LogP contribution in [-0.4, -0.2) is 39.0 Å². The molecule has 0 aromatic heterocycles. The molecule has 130 valence electrons. The van der Waals surface area contributed by atoms with Crippen molar-refractivity contribution in [2.24, 2.45) is 0 Å². The first-order chi connectivity index (χ1) is 10.5. The van der Waals surface area contributed by atoms with Gasteiger partial charge in [-0.25, -0.2) is 0 Å². The van der Waals surface area contributed by atoms with Crippen molar-refractivity contribution in [1.29, 1.82) is 0 Å². The molecule has 1 nitrogen and oxygen atoms in total. The van der Waals surface area contributed by atoms with Gasteiger partial charge in [-0.15, -0.1) is 0 Å². The summed E-state index contributed by atoms with van der Waals surface area (Å²) in [6.07, 6.45) is 8.04. The molecular weight excluding hydrogens is 326 g/mol. The molecule has 0 saturated carbocycles. The van der Waals surface area contributed by atoms with Crippen molar-refractivity contribution >= 4 is 20.0 Å². The van der Waals surface area contributed by atoms with E-state index < -0.39 is 13.3 Å². The first-order valence-electron chi connectivity index (χ1n) is 9.88. The number of hydrogen-bond donors (Lipinski definition) is 0. The third kappa shape index (κ3) is 5.65. The maximum absolute atomic E-state index is 2.54. The van der Waals surface area contributed by atoms with Gasteiger partial charge in [0, 0.05) is 0 Å². The van der Waals surface area contributed by atoms with Gasteiger partial charge in [0.15, 0.2) is 0 Å². The monoisotopic (exact) mass is 369 g/mol. The summed E-state index contributed by atoms with van der Waals surface area (Å²) < 4.78 is 1.86. The Morgan fingerprint density at radius 2 is 1.23 bits per heavy atom. The van der Waals surface area contributed by atoms with E-state index in [-0.39, 0.29) is 0 Å². The van der Waals surface area contributed by atoms with Crippen LogP contribution in [0.4, 0.5) is 0 Å². The Bertz CT molecular complexity index is 307. The van der Waals surface area contributed by atoms with Gasteiger partial charge in [0.2, 0.25) is 0 Å². The number of allylic oxidation sites excluding steroid dienone is 1. The van der Waals surface area contributed by atoms with Gasteiger partial charge in [-0.2, -0.15) is 0 Å². The summed E-state index contributed by atoms with van der Waals surface area (Å²) in [6.45, 7) is 15.3. The summed E-state index contributed by atoms with van der Waals surface area (Å²) in [4.78, 5) is 2.54. The predicted molar refractivity (Wildman–Crippen MR) is 109 cm³/mol. The third-order valence-corrected chi connectivity index (χ3v) is 17.8. The average molecular weight is 368 g/mol. The fourth-order valence-corrected chi connectivity index (χ4v) is 13.7. The fourth-order valence-electron chi connectivity index (χ4n) is 4.33. The molecule has 0 N–H and O–H groups in total. The molecule has 0 aliphatic heterocycles. The van der Waals surface area contributed by atoms with Crippen molar-refractivity contribution in [2.75, 3.05) is 14.1 Å². The molecule has 0 bridgehead atoms. The summed E-state index contributed by atoms with van der Waals surface area (Å²) in [6, 6.07) is 0. The van der Waals surface area contributed by atoms with Crippen LogP contribution >= 0.6 is 0 Å². The third-order valence-electron chi connectivity index (χ3n) is 5.57. The van der Waals surface area contributed by atoms with Crippen LogP contribution in [0.3, 0.4) is 0 Å². The van der Waals surface area contributed by atoms with Crippen molar-refractivity contribution in [3.05, 3.63) is 10.0 Å². The summed E-state index contributed by atoms with van der Waals surface area (Å²) in [5.41, 5.74) is 1.86. The fraction of sp³-hybridized carbons (Fsp3) is 0.895. The van der Waals surface area contributed by atoms with E-state index in [2.05, 4.69) is 60.5 Å². The molecule has 0 atom stereocenters. The first kappa shape index (κ1) is 22.1. The van der Waals surface area contributed by atoms with Crippen LogP contribution < -0.4 is 0 Å². The number of hydrogen-bond acceptors (Lipinski definition) is 1. The molecule has 0 aliphatic rings. The van der Waals surface area contributed by atoms with E-state index in [1.165, 1.54) is 54.1 Å². The topological polar surface area (TPSA) is 3.24 Å². The molecule has 0 fully saturated rings. The molecule has 0 unspecified atom stereocenters. The summed E-state index contributed by atoms with van der Waals surface area (Å²) >= 11 is -1.92. The Hall–Kier alpha value is 0.148. The van der Waals surface area contributed by atoms with Crippen LogP contribution in [0.5, 0.6) is 0 Å². The van der Waals surface area contributed by atoms with Crippen LogP contribution in [0.1, 0.15) is 67.2 Å². The molecule has 0 radical (unpaired) electrons. The van der Waals surface area contributed by atoms with Crippen molar-refractivity contribution in [3.63, 3.8) is 0 Å². The molecule has 0 aromatic rings. The van der Waals surface area contributed by atoms with Crippen LogP contribution in [0.15, 0.2) is 10.0 Å². The van der Waals surface area contributed by atoms with Crippen molar-refractivity contribution in [2.45, 2.75) is 95.6 Å². The molecule has 0 saturated heterocycles. The van der Waals surface area contributed by atoms with Gasteiger partial charge >= 0.3 is 145 Å². The van der Waals surface area contributed by atoms with E-state index in [1.807, 2.05) is 10.0 Å². The molecule has 0 heterocycles. The quantitative estimate of drug-likeness (QED) is 0.355. The standard InChI is InChI=1S/C19H42BGeN/c1-9-15-18(20(16-10-2)17-11-3)19(22(7)8)21(12-4,13-5)14-6/h9-17H2,1-8H3/b19-18+. The maximum atomic E-state index is 2.54. The first-order valence-corrected chi connectivity index (χ1v) is 15.4. The Balaban J connectivity index is 6.11. The molecule has 0 spiro atoms. The van der Waals surface area contributed by atoms with E-state index in [4.69, 9.17) is 0 Å². The van der Waals surface area contributed by atoms with E-state index in [0.717, 1.165) is 6.71 Å². The SMILES string of the molecule is CCCB(CCC)/C(CCC)=[C](/N(C)C)[Ge]([CH2]C)([CH2]C)[CH2]C. The Morgan fingerprint density at radius 3 is 1.50 bits per heavy atom. The van der Waals surface area contributed by atoms with Gasteiger partial charge in [-0.1, -0.05) is 0 Å². The minimum atomic E-state index is -1.92. The van der Waals surface area contributed by atoms with Crippen molar-refractivity contribution in [1.82, 2.24) is 4.90 Å². The van der Waals surface area contributed by atoms with Gasteiger partial charge < -0.3 is 0 Å². The van der Waals surface area contributed by atoms with Crippen molar-refractivity contribution < 1.29 is 0 Å². The molecule has 22 heavy (non-hydrogen) atoms. The van der Waals surface area contributed by atoms with Gasteiger partial charge in [0.25, 0.3) is 0 Å². The molecule has 0 aromatic carbocycles. The molecule has 0 aliphatic carbocycles. The number of nitrogens with zero attached hydrogens (tertiary/aromatic N) is 1. The summed E-state index contributed by atoms with van der Waals surface area (Å²) in [5.74, 6) is 0. The minimum absolute atomic E-state index is 0.835. The van der Waals surface area contributed by atoms with E-state index in [1.54, 1.807) is 0 Å². The second kappa shape index (κ2) is 11.6. The molecular formula is C19H42BGeN. The molecule has 0 amide bonds. The average Bonchev–Trinajstić information content (AvgIpc) is 2.51. The van der Waals surface area contributed by atoms with E-state index in [9.17, 15) is 0 Å². The van der Waals surface area contributed by atoms with Gasteiger partial charge in [0.05, 0.1) is 0 Å². The zero-order chi connectivity index (χ0) is 17.2. The predicted octanol–water partition coefficient (Wildman–Crippen LogP) is 6.50. The Morgan fingerprint density at radius 1 is 0.773 bits per heavy atom. The summed E-state index contributed by atoms with van der Waals surface area (Å²) in [5, 5.41) is 4.33.